The summed E-state index contributed by atoms with van der Waals surface area (Å²) in [5.74, 6) is -0.761. The van der Waals surface area contributed by atoms with Gasteiger partial charge in [-0.25, -0.2) is 9.78 Å². The zero-order valence-corrected chi connectivity index (χ0v) is 20.9. The van der Waals surface area contributed by atoms with E-state index in [1.54, 1.807) is 11.3 Å². The molecule has 2 heterocycles. The van der Waals surface area contributed by atoms with Crippen LogP contribution in [0.1, 0.15) is 51.3 Å². The number of rotatable bonds is 8. The van der Waals surface area contributed by atoms with Crippen molar-refractivity contribution in [2.24, 2.45) is 0 Å². The molecule has 0 fully saturated rings. The number of pyridine rings is 1. The van der Waals surface area contributed by atoms with E-state index in [0.717, 1.165) is 59.8 Å². The average Bonchev–Trinajstić information content (AvgIpc) is 3.42. The first-order valence-electron chi connectivity index (χ1n) is 12.3. The third kappa shape index (κ3) is 5.55. The van der Waals surface area contributed by atoms with Crippen LogP contribution in [-0.4, -0.2) is 30.0 Å². The maximum absolute atomic E-state index is 13.3. The standard InChI is InChI=1S/C30H28N2O3S/c33-27(31-17-7-11-21-9-2-1-3-10-21)20-35-30(34)28-24-14-4-5-16-26(24)32-29-22(12-6-15-25(28)29)19-23-13-8-18-36-23/h1-5,8-10,13-14,16,18-19H,6-7,11-12,15,17,20H2,(H,31,33). The van der Waals surface area contributed by atoms with Gasteiger partial charge in [0.05, 0.1) is 16.8 Å². The summed E-state index contributed by atoms with van der Waals surface area (Å²) < 4.78 is 5.52. The Balaban J connectivity index is 1.30. The number of aryl methyl sites for hydroxylation is 1. The molecule has 6 heteroatoms. The van der Waals surface area contributed by atoms with Crippen molar-refractivity contribution in [1.82, 2.24) is 10.3 Å². The van der Waals surface area contributed by atoms with Gasteiger partial charge in [-0.15, -0.1) is 11.3 Å². The van der Waals surface area contributed by atoms with E-state index in [1.165, 1.54) is 10.4 Å². The number of amides is 1. The monoisotopic (exact) mass is 496 g/mol. The van der Waals surface area contributed by atoms with E-state index in [0.29, 0.717) is 12.1 Å². The maximum atomic E-state index is 13.3. The molecule has 0 radical (unpaired) electrons. The summed E-state index contributed by atoms with van der Waals surface area (Å²) in [7, 11) is 0. The van der Waals surface area contributed by atoms with E-state index in [-0.39, 0.29) is 12.5 Å². The largest absolute Gasteiger partial charge is 0.452 e. The van der Waals surface area contributed by atoms with Gasteiger partial charge in [0, 0.05) is 16.8 Å². The number of carbonyl (C=O) groups excluding carboxylic acids is 2. The number of allylic oxidation sites excluding steroid dienone is 1. The first kappa shape index (κ1) is 23.9. The molecule has 182 valence electrons. The quantitative estimate of drug-likeness (QED) is 0.237. The van der Waals surface area contributed by atoms with Crippen LogP contribution < -0.4 is 5.32 Å². The van der Waals surface area contributed by atoms with Crippen molar-refractivity contribution in [3.63, 3.8) is 0 Å². The van der Waals surface area contributed by atoms with Gasteiger partial charge in [0.15, 0.2) is 6.61 Å². The number of ether oxygens (including phenoxy) is 1. The van der Waals surface area contributed by atoms with E-state index in [1.807, 2.05) is 48.5 Å². The molecule has 2 aromatic carbocycles. The molecule has 0 bridgehead atoms. The zero-order chi connectivity index (χ0) is 24.7. The molecule has 36 heavy (non-hydrogen) atoms. The van der Waals surface area contributed by atoms with Crippen LogP contribution in [-0.2, 0) is 22.4 Å². The molecule has 5 rings (SSSR count). The number of nitrogens with one attached hydrogen (secondary N) is 1. The molecule has 1 amide bonds. The molecule has 2 aromatic heterocycles. The summed E-state index contributed by atoms with van der Waals surface area (Å²) in [6, 6.07) is 21.9. The predicted octanol–water partition coefficient (Wildman–Crippen LogP) is 6.08. The van der Waals surface area contributed by atoms with Crippen molar-refractivity contribution in [3.8, 4) is 0 Å². The van der Waals surface area contributed by atoms with Crippen LogP contribution in [0.4, 0.5) is 0 Å². The summed E-state index contributed by atoms with van der Waals surface area (Å²) in [4.78, 5) is 31.8. The van der Waals surface area contributed by atoms with Crippen LogP contribution in [0.2, 0.25) is 0 Å². The highest BCUT2D eigenvalue weighted by atomic mass is 32.1. The maximum Gasteiger partial charge on any atom is 0.339 e. The molecule has 0 unspecified atom stereocenters. The fourth-order valence-electron chi connectivity index (χ4n) is 4.67. The summed E-state index contributed by atoms with van der Waals surface area (Å²) >= 11 is 1.68. The molecule has 1 N–H and O–H groups in total. The van der Waals surface area contributed by atoms with Crippen LogP contribution in [0.3, 0.4) is 0 Å². The molecular formula is C30H28N2O3S. The van der Waals surface area contributed by atoms with Gasteiger partial charge in [-0.05, 0) is 72.4 Å². The number of aromatic nitrogens is 1. The van der Waals surface area contributed by atoms with E-state index in [9.17, 15) is 9.59 Å². The van der Waals surface area contributed by atoms with Crippen LogP contribution in [0, 0.1) is 0 Å². The van der Waals surface area contributed by atoms with Gasteiger partial charge in [0.1, 0.15) is 0 Å². The van der Waals surface area contributed by atoms with E-state index >= 15 is 0 Å². The molecule has 5 nitrogen and oxygen atoms in total. The summed E-state index contributed by atoms with van der Waals surface area (Å²) in [6.45, 7) is 0.239. The third-order valence-corrected chi connectivity index (χ3v) is 7.20. The Morgan fingerprint density at radius 3 is 2.67 bits per heavy atom. The smallest absolute Gasteiger partial charge is 0.339 e. The number of hydrogen-bond donors (Lipinski definition) is 1. The predicted molar refractivity (Wildman–Crippen MR) is 145 cm³/mol. The van der Waals surface area contributed by atoms with Gasteiger partial charge >= 0.3 is 5.97 Å². The van der Waals surface area contributed by atoms with Crippen LogP contribution in [0.25, 0.3) is 22.6 Å². The minimum Gasteiger partial charge on any atom is -0.452 e. The minimum atomic E-state index is -0.471. The third-order valence-electron chi connectivity index (χ3n) is 6.38. The molecule has 0 saturated carbocycles. The normalized spacial score (nSPS) is 13.9. The SMILES string of the molecule is O=C(COC(=O)c1c2c(nc3ccccc13)C(=Cc1cccs1)CCC2)NCCCc1ccccc1. The topological polar surface area (TPSA) is 68.3 Å². The van der Waals surface area contributed by atoms with Gasteiger partial charge in [-0.2, -0.15) is 0 Å². The second-order valence-corrected chi connectivity index (χ2v) is 9.86. The second kappa shape index (κ2) is 11.3. The van der Waals surface area contributed by atoms with Crippen molar-refractivity contribution in [1.29, 1.82) is 0 Å². The van der Waals surface area contributed by atoms with Crippen LogP contribution >= 0.6 is 11.3 Å². The Morgan fingerprint density at radius 2 is 1.83 bits per heavy atom. The van der Waals surface area contributed by atoms with Crippen molar-refractivity contribution in [2.75, 3.05) is 13.2 Å². The first-order chi connectivity index (χ1) is 17.7. The van der Waals surface area contributed by atoms with Gasteiger partial charge in [0.25, 0.3) is 5.91 Å². The molecule has 0 spiro atoms. The minimum absolute atomic E-state index is 0.290. The number of fused-ring (bicyclic) bond motifs is 2. The van der Waals surface area contributed by atoms with E-state index in [4.69, 9.17) is 9.72 Å². The number of esters is 1. The van der Waals surface area contributed by atoms with Gasteiger partial charge in [0.2, 0.25) is 0 Å². The Hall–Kier alpha value is -3.77. The lowest BCUT2D eigenvalue weighted by atomic mass is 9.86. The van der Waals surface area contributed by atoms with Crippen molar-refractivity contribution in [3.05, 3.63) is 99.4 Å². The second-order valence-electron chi connectivity index (χ2n) is 8.88. The Morgan fingerprint density at radius 1 is 1.00 bits per heavy atom. The van der Waals surface area contributed by atoms with Crippen molar-refractivity contribution < 1.29 is 14.3 Å². The molecule has 1 aliphatic carbocycles. The highest BCUT2D eigenvalue weighted by Gasteiger charge is 2.26. The van der Waals surface area contributed by atoms with Crippen LogP contribution in [0.15, 0.2) is 72.1 Å². The Labute approximate surface area is 214 Å². The van der Waals surface area contributed by atoms with Gasteiger partial charge in [-0.1, -0.05) is 54.6 Å². The molecule has 0 aliphatic heterocycles. The fourth-order valence-corrected chi connectivity index (χ4v) is 5.35. The number of carbonyl (C=O) groups is 2. The number of nitrogens with zero attached hydrogens (tertiary/aromatic N) is 1. The highest BCUT2D eigenvalue weighted by molar-refractivity contribution is 7.10. The molecular weight excluding hydrogens is 468 g/mol. The van der Waals surface area contributed by atoms with Crippen molar-refractivity contribution >= 4 is 45.8 Å². The summed E-state index contributed by atoms with van der Waals surface area (Å²) in [5, 5.41) is 5.68. The van der Waals surface area contributed by atoms with E-state index in [2.05, 4.69) is 35.0 Å². The lowest BCUT2D eigenvalue weighted by molar-refractivity contribution is -0.124. The number of hydrogen-bond acceptors (Lipinski definition) is 5. The number of para-hydroxylation sites is 1. The Kier molecular flexibility index (Phi) is 7.52. The number of thiophene rings is 1. The van der Waals surface area contributed by atoms with Gasteiger partial charge < -0.3 is 10.1 Å². The first-order valence-corrected chi connectivity index (χ1v) is 13.2. The number of benzene rings is 2. The summed E-state index contributed by atoms with van der Waals surface area (Å²) in [5.41, 5.74) is 5.44. The van der Waals surface area contributed by atoms with Gasteiger partial charge in [-0.3, -0.25) is 4.79 Å². The lowest BCUT2D eigenvalue weighted by Crippen LogP contribution is -2.30. The lowest BCUT2D eigenvalue weighted by Gasteiger charge is -2.22. The molecule has 0 saturated heterocycles. The molecule has 1 aliphatic rings. The molecule has 0 atom stereocenters. The summed E-state index contributed by atoms with van der Waals surface area (Å²) in [6.07, 6.45) is 6.49. The van der Waals surface area contributed by atoms with Crippen LogP contribution in [0.5, 0.6) is 0 Å². The zero-order valence-electron chi connectivity index (χ0n) is 20.0. The average molecular weight is 497 g/mol. The highest BCUT2D eigenvalue weighted by Crippen LogP contribution is 2.36. The fraction of sp³-hybridized carbons (Fsp3) is 0.233. The van der Waals surface area contributed by atoms with E-state index < -0.39 is 5.97 Å². The van der Waals surface area contributed by atoms with Crippen molar-refractivity contribution in [2.45, 2.75) is 32.1 Å². The Bertz CT molecular complexity index is 1390. The molecule has 4 aromatic rings.